The molecule has 0 saturated heterocycles. The standard InChI is InChI=1S/C52H39N3O2/c1-51(2)24-25-52(3,4)40-29-43-38(28-39(40)51)34-13-5-8-16-42(34)55(43)41-17-11-12-30-26-32(21-22-33(30)41)50-53-47(49-48(54-50)37-15-7-10-19-45(37)57-49)31-20-23-36-35-14-6-9-18-44(35)56-46(36)27-31/h5-23,26-29H,24-25H2,1-4H3. The van der Waals surface area contributed by atoms with Crippen LogP contribution < -0.4 is 0 Å². The monoisotopic (exact) mass is 737 g/mol. The minimum Gasteiger partial charge on any atom is -0.456 e. The second-order valence-electron chi connectivity index (χ2n) is 17.2. The molecule has 12 rings (SSSR count). The lowest BCUT2D eigenvalue weighted by Gasteiger charge is -2.42. The van der Waals surface area contributed by atoms with Crippen molar-refractivity contribution in [3.63, 3.8) is 0 Å². The Kier molecular flexibility index (Phi) is 6.52. The fraction of sp³-hybridized carbons (Fsp3) is 0.154. The maximum absolute atomic E-state index is 6.50. The number of para-hydroxylation sites is 3. The van der Waals surface area contributed by atoms with Crippen LogP contribution in [0.5, 0.6) is 0 Å². The summed E-state index contributed by atoms with van der Waals surface area (Å²) in [4.78, 5) is 10.5. The zero-order valence-corrected chi connectivity index (χ0v) is 32.4. The summed E-state index contributed by atoms with van der Waals surface area (Å²) < 4.78 is 15.3. The topological polar surface area (TPSA) is 57.0 Å². The Morgan fingerprint density at radius 3 is 1.98 bits per heavy atom. The SMILES string of the molecule is CC1(C)CCC(C)(C)c2cc3c(cc21)c1ccccc1n3-c1cccc2cc(-c3nc(-c4ccc5c(c4)oc4ccccc45)c4oc5ccccc5c4n3)ccc12. The van der Waals surface area contributed by atoms with Gasteiger partial charge in [0.1, 0.15) is 28.0 Å². The molecule has 0 radical (unpaired) electrons. The Hall–Kier alpha value is -6.72. The second-order valence-corrected chi connectivity index (χ2v) is 17.2. The largest absolute Gasteiger partial charge is 0.456 e. The number of nitrogens with zero attached hydrogens (tertiary/aromatic N) is 3. The van der Waals surface area contributed by atoms with Crippen molar-refractivity contribution in [1.82, 2.24) is 14.5 Å². The van der Waals surface area contributed by atoms with Gasteiger partial charge in [-0.1, -0.05) is 107 Å². The predicted molar refractivity (Wildman–Crippen MR) is 235 cm³/mol. The van der Waals surface area contributed by atoms with Gasteiger partial charge in [0.25, 0.3) is 0 Å². The Morgan fingerprint density at radius 2 is 1.16 bits per heavy atom. The average molecular weight is 738 g/mol. The minimum atomic E-state index is 0.103. The first kappa shape index (κ1) is 32.5. The normalized spacial score (nSPS) is 15.2. The molecule has 1 aliphatic rings. The molecule has 0 N–H and O–H groups in total. The van der Waals surface area contributed by atoms with E-state index in [1.165, 1.54) is 51.2 Å². The number of benzene rings is 7. The zero-order chi connectivity index (χ0) is 38.2. The number of hydrogen-bond donors (Lipinski definition) is 0. The molecule has 0 aliphatic heterocycles. The van der Waals surface area contributed by atoms with E-state index in [4.69, 9.17) is 18.8 Å². The molecule has 5 nitrogen and oxygen atoms in total. The first-order chi connectivity index (χ1) is 27.7. The summed E-state index contributed by atoms with van der Waals surface area (Å²) in [5, 5.41) is 8.03. The van der Waals surface area contributed by atoms with E-state index >= 15 is 0 Å². The van der Waals surface area contributed by atoms with Crippen LogP contribution in [0.3, 0.4) is 0 Å². The van der Waals surface area contributed by atoms with Gasteiger partial charge in [0.05, 0.1) is 16.7 Å². The van der Waals surface area contributed by atoms with Crippen LogP contribution >= 0.6 is 0 Å². The van der Waals surface area contributed by atoms with E-state index in [2.05, 4.69) is 135 Å². The lowest BCUT2D eigenvalue weighted by Crippen LogP contribution is -2.33. The van der Waals surface area contributed by atoms with E-state index in [0.717, 1.165) is 66.3 Å². The van der Waals surface area contributed by atoms with Crippen LogP contribution in [0.4, 0.5) is 0 Å². The molecule has 4 aromatic heterocycles. The number of rotatable bonds is 3. The van der Waals surface area contributed by atoms with Gasteiger partial charge >= 0.3 is 0 Å². The molecule has 1 aliphatic carbocycles. The maximum Gasteiger partial charge on any atom is 0.180 e. The summed E-state index contributed by atoms with van der Waals surface area (Å²) in [6.45, 7) is 9.64. The average Bonchev–Trinajstić information content (AvgIpc) is 3.90. The zero-order valence-electron chi connectivity index (χ0n) is 32.4. The highest BCUT2D eigenvalue weighted by atomic mass is 16.3. The Bertz CT molecular complexity index is 3490. The van der Waals surface area contributed by atoms with Crippen LogP contribution in [0.25, 0.3) is 105 Å². The van der Waals surface area contributed by atoms with Gasteiger partial charge in [0.2, 0.25) is 0 Å². The van der Waals surface area contributed by atoms with Crippen molar-refractivity contribution in [3.8, 4) is 28.3 Å². The minimum absolute atomic E-state index is 0.103. The molecule has 0 fully saturated rings. The first-order valence-electron chi connectivity index (χ1n) is 19.9. The van der Waals surface area contributed by atoms with Crippen molar-refractivity contribution in [2.45, 2.75) is 51.4 Å². The third-order valence-corrected chi connectivity index (χ3v) is 12.9. The van der Waals surface area contributed by atoms with Crippen molar-refractivity contribution in [1.29, 1.82) is 0 Å². The molecular formula is C52H39N3O2. The van der Waals surface area contributed by atoms with Crippen LogP contribution in [0.15, 0.2) is 148 Å². The first-order valence-corrected chi connectivity index (χ1v) is 19.9. The van der Waals surface area contributed by atoms with Crippen LogP contribution in [0, 0.1) is 0 Å². The van der Waals surface area contributed by atoms with Crippen LogP contribution in [0.2, 0.25) is 0 Å². The molecule has 274 valence electrons. The molecule has 5 heteroatoms. The highest BCUT2D eigenvalue weighted by Crippen LogP contribution is 2.49. The van der Waals surface area contributed by atoms with Crippen LogP contribution in [-0.2, 0) is 10.8 Å². The third kappa shape index (κ3) is 4.69. The predicted octanol–water partition coefficient (Wildman–Crippen LogP) is 14.2. The van der Waals surface area contributed by atoms with Gasteiger partial charge < -0.3 is 13.4 Å². The summed E-state index contributed by atoms with van der Waals surface area (Å²) in [5.74, 6) is 0.648. The van der Waals surface area contributed by atoms with E-state index in [-0.39, 0.29) is 10.8 Å². The van der Waals surface area contributed by atoms with Gasteiger partial charge in [-0.05, 0) is 101 Å². The van der Waals surface area contributed by atoms with Gasteiger partial charge in [-0.2, -0.15) is 0 Å². The highest BCUT2D eigenvalue weighted by molar-refractivity contribution is 6.12. The molecule has 4 heterocycles. The molecule has 57 heavy (non-hydrogen) atoms. The molecule has 0 atom stereocenters. The summed E-state index contributed by atoms with van der Waals surface area (Å²) in [6, 6.07) is 49.7. The van der Waals surface area contributed by atoms with Crippen LogP contribution in [0.1, 0.15) is 51.7 Å². The second kappa shape index (κ2) is 11.4. The lowest BCUT2D eigenvalue weighted by molar-refractivity contribution is 0.332. The Labute approximate surface area is 329 Å². The fourth-order valence-corrected chi connectivity index (χ4v) is 9.68. The number of hydrogen-bond acceptors (Lipinski definition) is 4. The van der Waals surface area contributed by atoms with Crippen molar-refractivity contribution >= 4 is 76.6 Å². The number of furan rings is 2. The molecule has 0 unspecified atom stereocenters. The maximum atomic E-state index is 6.50. The van der Waals surface area contributed by atoms with E-state index in [1.807, 2.05) is 36.4 Å². The van der Waals surface area contributed by atoms with E-state index in [9.17, 15) is 0 Å². The van der Waals surface area contributed by atoms with Crippen molar-refractivity contribution in [3.05, 3.63) is 151 Å². The lowest BCUT2D eigenvalue weighted by atomic mass is 9.63. The molecule has 0 amide bonds. The Balaban J connectivity index is 1.06. The number of fused-ring (bicyclic) bond motifs is 11. The van der Waals surface area contributed by atoms with Crippen molar-refractivity contribution in [2.24, 2.45) is 0 Å². The highest BCUT2D eigenvalue weighted by Gasteiger charge is 2.38. The third-order valence-electron chi connectivity index (χ3n) is 12.9. The van der Waals surface area contributed by atoms with Crippen LogP contribution in [-0.4, -0.2) is 14.5 Å². The Morgan fingerprint density at radius 1 is 0.491 bits per heavy atom. The van der Waals surface area contributed by atoms with Gasteiger partial charge in [0.15, 0.2) is 11.4 Å². The van der Waals surface area contributed by atoms with Crippen molar-refractivity contribution in [2.75, 3.05) is 0 Å². The molecular weight excluding hydrogens is 699 g/mol. The summed E-state index contributed by atoms with van der Waals surface area (Å²) in [7, 11) is 0. The summed E-state index contributed by atoms with van der Waals surface area (Å²) in [6.07, 6.45) is 2.36. The molecule has 7 aromatic carbocycles. The molecule has 0 bridgehead atoms. The van der Waals surface area contributed by atoms with Gasteiger partial charge in [-0.3, -0.25) is 0 Å². The van der Waals surface area contributed by atoms with Gasteiger partial charge in [-0.25, -0.2) is 9.97 Å². The summed E-state index contributed by atoms with van der Waals surface area (Å²) in [5.41, 5.74) is 13.3. The molecule has 11 aromatic rings. The van der Waals surface area contributed by atoms with Gasteiger partial charge in [0, 0.05) is 43.4 Å². The number of aromatic nitrogens is 3. The quantitative estimate of drug-likeness (QED) is 0.181. The fourth-order valence-electron chi connectivity index (χ4n) is 9.68. The molecule has 0 spiro atoms. The van der Waals surface area contributed by atoms with Crippen molar-refractivity contribution < 1.29 is 8.83 Å². The van der Waals surface area contributed by atoms with E-state index in [1.54, 1.807) is 0 Å². The van der Waals surface area contributed by atoms with E-state index < -0.39 is 0 Å². The molecule has 0 saturated carbocycles. The smallest absolute Gasteiger partial charge is 0.180 e. The van der Waals surface area contributed by atoms with E-state index in [0.29, 0.717) is 11.4 Å². The van der Waals surface area contributed by atoms with Gasteiger partial charge in [-0.15, -0.1) is 0 Å². The summed E-state index contributed by atoms with van der Waals surface area (Å²) >= 11 is 0.